The maximum atomic E-state index is 13.6. The molecule has 1 aromatic carbocycles. The van der Waals surface area contributed by atoms with E-state index in [9.17, 15) is 19.2 Å². The Bertz CT molecular complexity index is 936. The Morgan fingerprint density at radius 1 is 1.25 bits per heavy atom. The van der Waals surface area contributed by atoms with Gasteiger partial charge in [0.25, 0.3) is 0 Å². The molecule has 3 aliphatic heterocycles. The van der Waals surface area contributed by atoms with Gasteiger partial charge >= 0.3 is 0 Å². The molecule has 32 heavy (non-hydrogen) atoms. The first-order valence-electron chi connectivity index (χ1n) is 12.0. The number of nitrogens with zero attached hydrogens (tertiary/aromatic N) is 4. The summed E-state index contributed by atoms with van der Waals surface area (Å²) >= 11 is 0. The van der Waals surface area contributed by atoms with Crippen LogP contribution >= 0.6 is 0 Å². The van der Waals surface area contributed by atoms with Crippen molar-refractivity contribution in [1.29, 1.82) is 5.26 Å². The van der Waals surface area contributed by atoms with E-state index in [0.29, 0.717) is 13.1 Å². The second-order valence-electron chi connectivity index (χ2n) is 10.0. The van der Waals surface area contributed by atoms with Crippen molar-refractivity contribution in [3.63, 3.8) is 0 Å². The van der Waals surface area contributed by atoms with Crippen LogP contribution in [-0.4, -0.2) is 64.3 Å². The standard InChI is InChI=1S/C25H31FN4O2/c1-17(23(31)29-12-4-5-20(29)14-27)15-28-16-21-13-22(28)24(32)30(21)25(10-2-3-11-25)18-6-8-19(26)9-7-18/h6-9,17,20-22H,2-5,10-13,15-16H2,1H3/t17-,20-,21-,22-/m0/s1. The normalized spacial score (nSPS) is 30.2. The molecule has 0 N–H and O–H groups in total. The molecule has 1 saturated carbocycles. The van der Waals surface area contributed by atoms with E-state index in [1.165, 1.54) is 12.1 Å². The lowest BCUT2D eigenvalue weighted by atomic mass is 9.85. The van der Waals surface area contributed by atoms with Crippen molar-refractivity contribution >= 4 is 11.8 Å². The molecule has 0 aromatic heterocycles. The van der Waals surface area contributed by atoms with Crippen LogP contribution in [0.1, 0.15) is 57.4 Å². The molecule has 6 nitrogen and oxygen atoms in total. The molecule has 0 radical (unpaired) electrons. The molecule has 5 rings (SSSR count). The Morgan fingerprint density at radius 2 is 1.97 bits per heavy atom. The average molecular weight is 439 g/mol. The van der Waals surface area contributed by atoms with Gasteiger partial charge in [-0.3, -0.25) is 14.5 Å². The molecule has 4 aliphatic rings. The van der Waals surface area contributed by atoms with Gasteiger partial charge in [-0.1, -0.05) is 31.9 Å². The first-order valence-corrected chi connectivity index (χ1v) is 12.0. The van der Waals surface area contributed by atoms with E-state index in [2.05, 4.69) is 15.9 Å². The number of hydrogen-bond donors (Lipinski definition) is 0. The minimum absolute atomic E-state index is 0.0275. The zero-order valence-electron chi connectivity index (χ0n) is 18.7. The number of benzene rings is 1. The smallest absolute Gasteiger partial charge is 0.241 e. The minimum Gasteiger partial charge on any atom is -0.327 e. The molecule has 2 bridgehead atoms. The summed E-state index contributed by atoms with van der Waals surface area (Å²) < 4.78 is 13.6. The van der Waals surface area contributed by atoms with Gasteiger partial charge in [-0.25, -0.2) is 4.39 Å². The van der Waals surface area contributed by atoms with Crippen LogP contribution in [0.2, 0.25) is 0 Å². The van der Waals surface area contributed by atoms with Crippen LogP contribution < -0.4 is 0 Å². The third-order valence-electron chi connectivity index (χ3n) is 8.16. The summed E-state index contributed by atoms with van der Waals surface area (Å²) in [5.74, 6) is -0.303. The summed E-state index contributed by atoms with van der Waals surface area (Å²) in [6, 6.07) is 8.58. The van der Waals surface area contributed by atoms with Gasteiger partial charge in [0.05, 0.1) is 17.6 Å². The predicted octanol–water partition coefficient (Wildman–Crippen LogP) is 3.03. The summed E-state index contributed by atoms with van der Waals surface area (Å²) in [6.07, 6.45) is 6.42. The molecule has 3 heterocycles. The highest BCUT2D eigenvalue weighted by molar-refractivity contribution is 5.87. The third-order valence-corrected chi connectivity index (χ3v) is 8.16. The van der Waals surface area contributed by atoms with E-state index >= 15 is 0 Å². The van der Waals surface area contributed by atoms with Gasteiger partial charge in [-0.2, -0.15) is 5.26 Å². The number of nitriles is 1. The maximum Gasteiger partial charge on any atom is 0.241 e. The Labute approximate surface area is 189 Å². The molecule has 7 heteroatoms. The third kappa shape index (κ3) is 3.31. The fourth-order valence-corrected chi connectivity index (χ4v) is 6.69. The number of carbonyl (C=O) groups excluding carboxylic acids is 2. The monoisotopic (exact) mass is 438 g/mol. The number of likely N-dealkylation sites (tertiary alicyclic amines) is 3. The molecule has 3 saturated heterocycles. The fourth-order valence-electron chi connectivity index (χ4n) is 6.69. The zero-order chi connectivity index (χ0) is 22.5. The summed E-state index contributed by atoms with van der Waals surface area (Å²) in [5.41, 5.74) is 0.719. The number of piperazine rings is 1. The molecule has 2 amide bonds. The first kappa shape index (κ1) is 21.4. The SMILES string of the molecule is C[C@@H](CN1C[C@@H]2C[C@H]1C(=O)N2C1(c2ccc(F)cc2)CCCC1)C(=O)N1CCC[C@H]1C#N. The van der Waals surface area contributed by atoms with Crippen LogP contribution in [0.3, 0.4) is 0 Å². The highest BCUT2D eigenvalue weighted by atomic mass is 19.1. The van der Waals surface area contributed by atoms with Crippen LogP contribution in [0.15, 0.2) is 24.3 Å². The molecular weight excluding hydrogens is 407 g/mol. The summed E-state index contributed by atoms with van der Waals surface area (Å²) in [5, 5.41) is 9.31. The number of hydrogen-bond acceptors (Lipinski definition) is 4. The van der Waals surface area contributed by atoms with E-state index in [1.807, 2.05) is 19.1 Å². The van der Waals surface area contributed by atoms with Crippen LogP contribution in [0, 0.1) is 23.1 Å². The van der Waals surface area contributed by atoms with Crippen molar-refractivity contribution in [3.8, 4) is 6.07 Å². The van der Waals surface area contributed by atoms with E-state index < -0.39 is 0 Å². The Morgan fingerprint density at radius 3 is 2.62 bits per heavy atom. The van der Waals surface area contributed by atoms with Crippen molar-refractivity contribution in [1.82, 2.24) is 14.7 Å². The van der Waals surface area contributed by atoms with Gasteiger partial charge in [0.1, 0.15) is 11.9 Å². The first-order chi connectivity index (χ1) is 15.4. The quantitative estimate of drug-likeness (QED) is 0.709. The summed E-state index contributed by atoms with van der Waals surface area (Å²) in [7, 11) is 0. The second kappa shape index (κ2) is 8.15. The van der Waals surface area contributed by atoms with Crippen LogP contribution in [-0.2, 0) is 15.1 Å². The molecule has 4 atom stereocenters. The average Bonchev–Trinajstić information content (AvgIpc) is 3.57. The van der Waals surface area contributed by atoms with Crippen LogP contribution in [0.25, 0.3) is 0 Å². The van der Waals surface area contributed by atoms with Crippen molar-refractivity contribution in [2.75, 3.05) is 19.6 Å². The zero-order valence-corrected chi connectivity index (χ0v) is 18.7. The van der Waals surface area contributed by atoms with Crippen molar-refractivity contribution < 1.29 is 14.0 Å². The Kier molecular flexibility index (Phi) is 5.45. The predicted molar refractivity (Wildman–Crippen MR) is 117 cm³/mol. The Hall–Kier alpha value is -2.46. The van der Waals surface area contributed by atoms with Gasteiger partial charge < -0.3 is 9.80 Å². The van der Waals surface area contributed by atoms with E-state index in [4.69, 9.17) is 0 Å². The Balaban J connectivity index is 1.30. The van der Waals surface area contributed by atoms with Gasteiger partial charge in [0.2, 0.25) is 11.8 Å². The van der Waals surface area contributed by atoms with Crippen molar-refractivity contribution in [3.05, 3.63) is 35.6 Å². The molecule has 4 fully saturated rings. The largest absolute Gasteiger partial charge is 0.327 e. The molecule has 1 aromatic rings. The lowest BCUT2D eigenvalue weighted by molar-refractivity contribution is -0.146. The van der Waals surface area contributed by atoms with Gasteiger partial charge in [0, 0.05) is 31.6 Å². The lowest BCUT2D eigenvalue weighted by Crippen LogP contribution is -2.58. The number of halogens is 1. The fraction of sp³-hybridized carbons (Fsp3) is 0.640. The van der Waals surface area contributed by atoms with Crippen molar-refractivity contribution in [2.24, 2.45) is 5.92 Å². The molecular formula is C25H31FN4O2. The molecule has 1 aliphatic carbocycles. The second-order valence-corrected chi connectivity index (χ2v) is 10.0. The molecule has 0 unspecified atom stereocenters. The number of fused-ring (bicyclic) bond motifs is 2. The van der Waals surface area contributed by atoms with Crippen LogP contribution in [0.5, 0.6) is 0 Å². The topological polar surface area (TPSA) is 67.7 Å². The van der Waals surface area contributed by atoms with E-state index in [0.717, 1.165) is 57.1 Å². The van der Waals surface area contributed by atoms with E-state index in [1.54, 1.807) is 4.90 Å². The molecule has 170 valence electrons. The van der Waals surface area contributed by atoms with Crippen molar-refractivity contribution in [2.45, 2.75) is 75.5 Å². The van der Waals surface area contributed by atoms with Gasteiger partial charge in [-0.15, -0.1) is 0 Å². The number of carbonyl (C=O) groups is 2. The highest BCUT2D eigenvalue weighted by Crippen LogP contribution is 2.50. The number of amides is 2. The molecule has 0 spiro atoms. The van der Waals surface area contributed by atoms with Gasteiger partial charge in [0.15, 0.2) is 0 Å². The van der Waals surface area contributed by atoms with Crippen LogP contribution in [0.4, 0.5) is 4.39 Å². The van der Waals surface area contributed by atoms with Gasteiger partial charge in [-0.05, 0) is 49.8 Å². The summed E-state index contributed by atoms with van der Waals surface area (Å²) in [4.78, 5) is 32.5. The van der Waals surface area contributed by atoms with E-state index in [-0.39, 0.29) is 47.2 Å². The summed E-state index contributed by atoms with van der Waals surface area (Å²) in [6.45, 7) is 3.90. The lowest BCUT2D eigenvalue weighted by Gasteiger charge is -2.46. The minimum atomic E-state index is -0.326. The highest BCUT2D eigenvalue weighted by Gasteiger charge is 2.57. The maximum absolute atomic E-state index is 13.6. The number of rotatable bonds is 5.